The number of benzene rings is 1. The van der Waals surface area contributed by atoms with E-state index < -0.39 is 23.2 Å². The van der Waals surface area contributed by atoms with Gasteiger partial charge in [0.15, 0.2) is 23.2 Å². The van der Waals surface area contributed by atoms with E-state index in [4.69, 9.17) is 32.7 Å². The number of hydrogen-bond donors (Lipinski definition) is 3. The molecule has 0 unspecified atom stereocenters. The number of aromatic nitrogens is 1. The molecule has 0 spiro atoms. The van der Waals surface area contributed by atoms with Gasteiger partial charge in [-0.1, -0.05) is 11.6 Å². The van der Waals surface area contributed by atoms with Crippen molar-refractivity contribution in [2.45, 2.75) is 0 Å². The number of hydrogen-bond acceptors (Lipinski definition) is 6. The summed E-state index contributed by atoms with van der Waals surface area (Å²) >= 11 is 5.68. The van der Waals surface area contributed by atoms with Crippen LogP contribution in [0.2, 0.25) is 5.15 Å². The lowest BCUT2D eigenvalue weighted by molar-refractivity contribution is 0.436. The molecule has 0 amide bonds. The third-order valence-electron chi connectivity index (χ3n) is 2.60. The lowest BCUT2D eigenvalue weighted by atomic mass is 10.2. The van der Waals surface area contributed by atoms with E-state index in [1.54, 1.807) is 0 Å². The zero-order valence-corrected chi connectivity index (χ0v) is 12.6. The molecule has 10 heteroatoms. The van der Waals surface area contributed by atoms with Crippen LogP contribution in [0.4, 0.5) is 14.5 Å². The van der Waals surface area contributed by atoms with Crippen molar-refractivity contribution < 1.29 is 13.5 Å². The molecule has 1 heterocycles. The molecule has 2 rings (SSSR count). The number of hydrazone groups is 1. The number of amidine groups is 1. The molecule has 0 aliphatic heterocycles. The van der Waals surface area contributed by atoms with Gasteiger partial charge in [-0.3, -0.25) is 10.8 Å². The van der Waals surface area contributed by atoms with E-state index in [0.29, 0.717) is 0 Å². The lowest BCUT2D eigenvalue weighted by Crippen LogP contribution is -2.22. The zero-order valence-electron chi connectivity index (χ0n) is 11.8. The first-order valence-electron chi connectivity index (χ1n) is 6.27. The molecule has 0 radical (unpaired) electrons. The van der Waals surface area contributed by atoms with Crippen LogP contribution in [0, 0.1) is 28.4 Å². The number of rotatable bonds is 5. The maximum absolute atomic E-state index is 14.0. The Labute approximate surface area is 139 Å². The summed E-state index contributed by atoms with van der Waals surface area (Å²) in [6.07, 6.45) is 1.35. The van der Waals surface area contributed by atoms with E-state index in [1.165, 1.54) is 24.4 Å². The first-order valence-corrected chi connectivity index (χ1v) is 6.65. The molecule has 1 aromatic carbocycles. The monoisotopic (exact) mass is 350 g/mol. The van der Waals surface area contributed by atoms with Crippen LogP contribution in [-0.4, -0.2) is 16.5 Å². The molecule has 24 heavy (non-hydrogen) atoms. The maximum atomic E-state index is 14.0. The number of nitrogens with one attached hydrogen (secondary N) is 2. The Balaban J connectivity index is 2.25. The van der Waals surface area contributed by atoms with Crippen molar-refractivity contribution >= 4 is 28.8 Å². The Kier molecular flexibility index (Phi) is 5.23. The zero-order chi connectivity index (χ0) is 17.7. The number of halogens is 3. The normalized spacial score (nSPS) is 10.8. The van der Waals surface area contributed by atoms with Crippen LogP contribution in [0.25, 0.3) is 0 Å². The van der Waals surface area contributed by atoms with Crippen LogP contribution >= 0.6 is 11.6 Å². The van der Waals surface area contributed by atoms with Crippen molar-refractivity contribution in [2.75, 3.05) is 5.43 Å². The fraction of sp³-hybridized carbons (Fsp3) is 0. The summed E-state index contributed by atoms with van der Waals surface area (Å²) < 4.78 is 33.2. The number of pyridine rings is 1. The Morgan fingerprint density at radius 2 is 2.12 bits per heavy atom. The first kappa shape index (κ1) is 17.1. The fourth-order valence-electron chi connectivity index (χ4n) is 1.53. The van der Waals surface area contributed by atoms with Gasteiger partial charge < -0.3 is 10.5 Å². The van der Waals surface area contributed by atoms with Crippen molar-refractivity contribution in [1.82, 2.24) is 4.98 Å². The van der Waals surface area contributed by atoms with Crippen molar-refractivity contribution in [3.05, 3.63) is 47.2 Å². The molecule has 0 aliphatic rings. The summed E-state index contributed by atoms with van der Waals surface area (Å²) in [4.78, 5) is 3.74. The second-order valence-corrected chi connectivity index (χ2v) is 4.66. The van der Waals surface area contributed by atoms with Crippen LogP contribution in [0.15, 0.2) is 35.6 Å². The number of nitriles is 1. The minimum Gasteiger partial charge on any atom is -0.454 e. The number of nitrogens with two attached hydrogens (primary N) is 1. The van der Waals surface area contributed by atoms with E-state index >= 15 is 0 Å². The molecule has 0 saturated carbocycles. The molecule has 0 atom stereocenters. The number of ether oxygens (including phenoxy) is 1. The van der Waals surface area contributed by atoms with Gasteiger partial charge in [-0.05, 0) is 6.07 Å². The van der Waals surface area contributed by atoms with Gasteiger partial charge in [0.05, 0.1) is 5.69 Å². The average molecular weight is 351 g/mol. The van der Waals surface area contributed by atoms with Crippen molar-refractivity contribution in [3.63, 3.8) is 0 Å². The Morgan fingerprint density at radius 1 is 1.38 bits per heavy atom. The number of nitrogens with zero attached hydrogens (tertiary/aromatic N) is 3. The van der Waals surface area contributed by atoms with Crippen molar-refractivity contribution in [1.29, 1.82) is 10.7 Å². The van der Waals surface area contributed by atoms with Gasteiger partial charge in [0, 0.05) is 24.4 Å². The van der Waals surface area contributed by atoms with Crippen LogP contribution in [0.1, 0.15) is 0 Å². The van der Waals surface area contributed by atoms with Crippen LogP contribution in [-0.2, 0) is 0 Å². The second kappa shape index (κ2) is 7.34. The third-order valence-corrected chi connectivity index (χ3v) is 2.80. The summed E-state index contributed by atoms with van der Waals surface area (Å²) in [5, 5.41) is 19.3. The van der Waals surface area contributed by atoms with Crippen molar-refractivity contribution in [3.8, 4) is 17.6 Å². The molecule has 1 aromatic heterocycles. The van der Waals surface area contributed by atoms with Gasteiger partial charge >= 0.3 is 0 Å². The van der Waals surface area contributed by atoms with Gasteiger partial charge in [-0.15, -0.1) is 0 Å². The molecule has 0 bridgehead atoms. The molecule has 122 valence electrons. The highest BCUT2D eigenvalue weighted by molar-refractivity contribution is 6.45. The molecule has 4 N–H and O–H groups in total. The lowest BCUT2D eigenvalue weighted by Gasteiger charge is -2.09. The molecule has 2 aromatic rings. The highest BCUT2D eigenvalue weighted by Gasteiger charge is 2.13. The summed E-state index contributed by atoms with van der Waals surface area (Å²) in [5.41, 5.74) is 6.39. The number of anilines is 1. The van der Waals surface area contributed by atoms with Gasteiger partial charge in [0.2, 0.25) is 5.71 Å². The highest BCUT2D eigenvalue weighted by Crippen LogP contribution is 2.29. The standard InChI is InChI=1S/C14H9ClF2N6O/c15-13-3-7(1-2-21-13)24-12-5-8(16)10(4-9(12)17)22-23-11(6-18)14(19)20/h1-5,22H,(H3,19,20)/b23-11+. The molecular formula is C14H9ClF2N6O. The molecular weight excluding hydrogens is 342 g/mol. The second-order valence-electron chi connectivity index (χ2n) is 4.28. The van der Waals surface area contributed by atoms with Gasteiger partial charge in [0.1, 0.15) is 17.0 Å². The summed E-state index contributed by atoms with van der Waals surface area (Å²) in [6.45, 7) is 0. The predicted octanol–water partition coefficient (Wildman–Crippen LogP) is 3.03. The summed E-state index contributed by atoms with van der Waals surface area (Å²) in [7, 11) is 0. The minimum absolute atomic E-state index is 0.134. The quantitative estimate of drug-likeness (QED) is 0.331. The van der Waals surface area contributed by atoms with Crippen LogP contribution in [0.3, 0.4) is 0 Å². The van der Waals surface area contributed by atoms with Gasteiger partial charge in [0.25, 0.3) is 0 Å². The SMILES string of the molecule is N#C/C(=N\Nc1cc(F)c(Oc2ccnc(Cl)c2)cc1F)C(=N)N. The maximum Gasteiger partial charge on any atom is 0.201 e. The highest BCUT2D eigenvalue weighted by atomic mass is 35.5. The van der Waals surface area contributed by atoms with Crippen molar-refractivity contribution in [2.24, 2.45) is 10.8 Å². The Hall–Kier alpha value is -3.25. The molecule has 7 nitrogen and oxygen atoms in total. The van der Waals surface area contributed by atoms with E-state index in [1.807, 2.05) is 0 Å². The molecule has 0 saturated heterocycles. The van der Waals surface area contributed by atoms with Crippen LogP contribution < -0.4 is 15.9 Å². The molecule has 0 fully saturated rings. The largest absolute Gasteiger partial charge is 0.454 e. The smallest absolute Gasteiger partial charge is 0.201 e. The summed E-state index contributed by atoms with van der Waals surface area (Å²) in [6, 6.07) is 5.87. The Morgan fingerprint density at radius 3 is 2.75 bits per heavy atom. The first-order chi connectivity index (χ1) is 11.4. The average Bonchev–Trinajstić information content (AvgIpc) is 2.52. The fourth-order valence-corrected chi connectivity index (χ4v) is 1.69. The summed E-state index contributed by atoms with van der Waals surface area (Å²) in [5.74, 6) is -2.59. The van der Waals surface area contributed by atoms with Crippen LogP contribution in [0.5, 0.6) is 11.5 Å². The topological polar surface area (TPSA) is 120 Å². The third kappa shape index (κ3) is 4.15. The van der Waals surface area contributed by atoms with Gasteiger partial charge in [-0.25, -0.2) is 13.8 Å². The van der Waals surface area contributed by atoms with E-state index in [-0.39, 0.29) is 22.3 Å². The Bertz CT molecular complexity index is 865. The minimum atomic E-state index is -0.892. The van der Waals surface area contributed by atoms with E-state index in [9.17, 15) is 8.78 Å². The predicted molar refractivity (Wildman–Crippen MR) is 84.3 cm³/mol. The van der Waals surface area contributed by atoms with E-state index in [2.05, 4.69) is 15.5 Å². The molecule has 0 aliphatic carbocycles. The van der Waals surface area contributed by atoms with E-state index in [0.717, 1.165) is 12.1 Å². The van der Waals surface area contributed by atoms with Gasteiger partial charge in [-0.2, -0.15) is 10.4 Å².